The number of aromatic nitrogens is 1. The minimum atomic E-state index is -0.197. The van der Waals surface area contributed by atoms with Crippen LogP contribution in [0.5, 0.6) is 5.75 Å². The Balaban J connectivity index is 1.59. The molecule has 5 nitrogen and oxygen atoms in total. The number of hydrazone groups is 1. The van der Waals surface area contributed by atoms with Gasteiger partial charge < -0.3 is 4.74 Å². The smallest absolute Gasteiger partial charge is 0.236 e. The highest BCUT2D eigenvalue weighted by atomic mass is 32.1. The summed E-state index contributed by atoms with van der Waals surface area (Å²) in [5.41, 5.74) is 4.24. The van der Waals surface area contributed by atoms with Gasteiger partial charge in [-0.1, -0.05) is 12.1 Å². The molecule has 0 aliphatic rings. The molecular weight excluding hydrogens is 310 g/mol. The van der Waals surface area contributed by atoms with Crippen molar-refractivity contribution in [3.05, 3.63) is 59.1 Å². The predicted molar refractivity (Wildman–Crippen MR) is 91.8 cm³/mol. The van der Waals surface area contributed by atoms with Crippen molar-refractivity contribution >= 4 is 33.7 Å². The van der Waals surface area contributed by atoms with Gasteiger partial charge in [0.05, 0.1) is 16.4 Å². The normalized spacial score (nSPS) is 11.0. The van der Waals surface area contributed by atoms with E-state index in [4.69, 9.17) is 4.74 Å². The lowest BCUT2D eigenvalue weighted by molar-refractivity contribution is -0.118. The molecule has 116 valence electrons. The first kappa shape index (κ1) is 15.2. The van der Waals surface area contributed by atoms with Crippen LogP contribution in [0, 0.1) is 0 Å². The van der Waals surface area contributed by atoms with Crippen LogP contribution in [0.1, 0.15) is 17.5 Å². The fourth-order valence-corrected chi connectivity index (χ4v) is 2.86. The molecule has 0 atom stereocenters. The van der Waals surface area contributed by atoms with Crippen LogP contribution in [0.2, 0.25) is 0 Å². The molecule has 0 saturated carbocycles. The lowest BCUT2D eigenvalue weighted by Gasteiger charge is -2.03. The number of hydrogen-bond donors (Lipinski definition) is 1. The summed E-state index contributed by atoms with van der Waals surface area (Å²) in [5, 5.41) is 4.76. The molecule has 0 radical (unpaired) electrons. The van der Waals surface area contributed by atoms with Crippen LogP contribution in [0.15, 0.2) is 53.6 Å². The van der Waals surface area contributed by atoms with Crippen LogP contribution < -0.4 is 10.2 Å². The summed E-state index contributed by atoms with van der Waals surface area (Å²) in [4.78, 5) is 15.3. The van der Waals surface area contributed by atoms with Gasteiger partial charge in [0.1, 0.15) is 17.4 Å². The lowest BCUT2D eigenvalue weighted by atomic mass is 10.2. The molecule has 3 aromatic rings. The average Bonchev–Trinajstić information content (AvgIpc) is 2.97. The van der Waals surface area contributed by atoms with Crippen LogP contribution in [0.4, 0.5) is 0 Å². The topological polar surface area (TPSA) is 63.6 Å². The first-order chi connectivity index (χ1) is 11.2. The maximum Gasteiger partial charge on any atom is 0.236 e. The number of rotatable bonds is 5. The minimum absolute atomic E-state index is 0.197. The van der Waals surface area contributed by atoms with Crippen molar-refractivity contribution in [1.29, 1.82) is 0 Å². The zero-order valence-corrected chi connectivity index (χ0v) is 13.3. The molecule has 23 heavy (non-hydrogen) atoms. The number of para-hydroxylation sites is 1. The van der Waals surface area contributed by atoms with Gasteiger partial charge >= 0.3 is 0 Å². The predicted octanol–water partition coefficient (Wildman–Crippen LogP) is 3.35. The van der Waals surface area contributed by atoms with Gasteiger partial charge in [-0.25, -0.2) is 10.4 Å². The summed E-state index contributed by atoms with van der Waals surface area (Å²) >= 11 is 1.64. The number of nitrogens with zero attached hydrogens (tertiary/aromatic N) is 2. The molecule has 1 amide bonds. The Labute approximate surface area is 137 Å². The molecule has 1 N–H and O–H groups in total. The maximum atomic E-state index is 10.7. The Morgan fingerprint density at radius 1 is 1.26 bits per heavy atom. The lowest BCUT2D eigenvalue weighted by Crippen LogP contribution is -2.12. The van der Waals surface area contributed by atoms with E-state index in [9.17, 15) is 4.79 Å². The number of hydrogen-bond acceptors (Lipinski definition) is 5. The quantitative estimate of drug-likeness (QED) is 0.578. The molecule has 3 rings (SSSR count). The highest BCUT2D eigenvalue weighted by Gasteiger charge is 2.03. The van der Waals surface area contributed by atoms with Crippen molar-refractivity contribution in [2.45, 2.75) is 13.5 Å². The van der Waals surface area contributed by atoms with Crippen LogP contribution in [0.3, 0.4) is 0 Å². The summed E-state index contributed by atoms with van der Waals surface area (Å²) < 4.78 is 6.92. The summed E-state index contributed by atoms with van der Waals surface area (Å²) in [6.45, 7) is 1.86. The van der Waals surface area contributed by atoms with Crippen molar-refractivity contribution in [3.63, 3.8) is 0 Å². The molecule has 0 spiro atoms. The van der Waals surface area contributed by atoms with E-state index in [1.165, 1.54) is 6.92 Å². The number of fused-ring (bicyclic) bond motifs is 1. The molecule has 0 aliphatic heterocycles. The molecule has 1 aromatic heterocycles. The van der Waals surface area contributed by atoms with Crippen LogP contribution in [-0.2, 0) is 11.4 Å². The largest absolute Gasteiger partial charge is 0.486 e. The number of carbonyl (C=O) groups is 1. The number of ether oxygens (including phenoxy) is 1. The third kappa shape index (κ3) is 4.14. The molecule has 0 unspecified atom stereocenters. The van der Waals surface area contributed by atoms with E-state index >= 15 is 0 Å². The highest BCUT2D eigenvalue weighted by Crippen LogP contribution is 2.23. The van der Waals surface area contributed by atoms with Crippen LogP contribution in [-0.4, -0.2) is 17.1 Å². The third-order valence-electron chi connectivity index (χ3n) is 3.02. The second kappa shape index (κ2) is 7.02. The van der Waals surface area contributed by atoms with Gasteiger partial charge in [0.15, 0.2) is 0 Å². The highest BCUT2D eigenvalue weighted by molar-refractivity contribution is 7.18. The summed E-state index contributed by atoms with van der Waals surface area (Å²) in [5.74, 6) is 0.568. The maximum absolute atomic E-state index is 10.7. The van der Waals surface area contributed by atoms with E-state index in [0.29, 0.717) is 6.61 Å². The zero-order chi connectivity index (χ0) is 16.1. The molecule has 2 aromatic carbocycles. The first-order valence-corrected chi connectivity index (χ1v) is 7.89. The third-order valence-corrected chi connectivity index (χ3v) is 4.03. The summed E-state index contributed by atoms with van der Waals surface area (Å²) in [6.07, 6.45) is 1.58. The number of amides is 1. The average molecular weight is 325 g/mol. The second-order valence-electron chi connectivity index (χ2n) is 4.86. The van der Waals surface area contributed by atoms with Crippen LogP contribution in [0.25, 0.3) is 10.2 Å². The van der Waals surface area contributed by atoms with Gasteiger partial charge in [0, 0.05) is 6.92 Å². The van der Waals surface area contributed by atoms with Gasteiger partial charge in [-0.2, -0.15) is 5.10 Å². The van der Waals surface area contributed by atoms with Crippen molar-refractivity contribution in [1.82, 2.24) is 10.4 Å². The van der Waals surface area contributed by atoms with Gasteiger partial charge in [-0.15, -0.1) is 11.3 Å². The van der Waals surface area contributed by atoms with E-state index in [2.05, 4.69) is 21.6 Å². The molecule has 6 heteroatoms. The first-order valence-electron chi connectivity index (χ1n) is 7.08. The monoisotopic (exact) mass is 325 g/mol. The number of carbonyl (C=O) groups excluding carboxylic acids is 1. The van der Waals surface area contributed by atoms with E-state index in [1.54, 1.807) is 17.6 Å². The number of thiazole rings is 1. The van der Waals surface area contributed by atoms with Gasteiger partial charge in [-0.3, -0.25) is 4.79 Å². The van der Waals surface area contributed by atoms with E-state index in [-0.39, 0.29) is 5.91 Å². The summed E-state index contributed by atoms with van der Waals surface area (Å²) in [7, 11) is 0. The van der Waals surface area contributed by atoms with Crippen molar-refractivity contribution in [2.24, 2.45) is 5.10 Å². The SMILES string of the molecule is CC(=O)NN=Cc1ccc(OCc2nc3ccccc3s2)cc1. The van der Waals surface area contributed by atoms with Crippen molar-refractivity contribution in [3.8, 4) is 5.75 Å². The fourth-order valence-electron chi connectivity index (χ4n) is 1.97. The standard InChI is InChI=1S/C17H15N3O2S/c1-12(21)20-18-10-13-6-8-14(9-7-13)22-11-17-19-15-4-2-3-5-16(15)23-17/h2-10H,11H2,1H3,(H,20,21). The van der Waals surface area contributed by atoms with Crippen molar-refractivity contribution in [2.75, 3.05) is 0 Å². The van der Waals surface area contributed by atoms with E-state index in [0.717, 1.165) is 26.5 Å². The molecular formula is C17H15N3O2S. The molecule has 0 fully saturated rings. The van der Waals surface area contributed by atoms with Gasteiger partial charge in [-0.05, 0) is 42.0 Å². The second-order valence-corrected chi connectivity index (χ2v) is 5.97. The van der Waals surface area contributed by atoms with Crippen molar-refractivity contribution < 1.29 is 9.53 Å². The Hall–Kier alpha value is -2.73. The van der Waals surface area contributed by atoms with Crippen LogP contribution >= 0.6 is 11.3 Å². The summed E-state index contributed by atoms with van der Waals surface area (Å²) in [6, 6.07) is 15.5. The minimum Gasteiger partial charge on any atom is -0.486 e. The number of nitrogens with one attached hydrogen (secondary N) is 1. The molecule has 0 aliphatic carbocycles. The van der Waals surface area contributed by atoms with Gasteiger partial charge in [0.2, 0.25) is 5.91 Å². The van der Waals surface area contributed by atoms with Gasteiger partial charge in [0.25, 0.3) is 0 Å². The Morgan fingerprint density at radius 3 is 2.78 bits per heavy atom. The Morgan fingerprint density at radius 2 is 2.04 bits per heavy atom. The number of benzene rings is 2. The molecule has 0 bridgehead atoms. The molecule has 1 heterocycles. The zero-order valence-electron chi connectivity index (χ0n) is 12.5. The molecule has 0 saturated heterocycles. The van der Waals surface area contributed by atoms with E-state index in [1.807, 2.05) is 42.5 Å². The Bertz CT molecular complexity index is 807. The Kier molecular flexibility index (Phi) is 4.63. The fraction of sp³-hybridized carbons (Fsp3) is 0.118. The van der Waals surface area contributed by atoms with E-state index < -0.39 is 0 Å².